The fourth-order valence-electron chi connectivity index (χ4n) is 4.26. The van der Waals surface area contributed by atoms with E-state index in [2.05, 4.69) is 37.9 Å². The number of anilines is 2. The topological polar surface area (TPSA) is 145 Å². The molecule has 3 N–H and O–H groups in total. The van der Waals surface area contributed by atoms with E-state index in [1.54, 1.807) is 41.8 Å². The van der Waals surface area contributed by atoms with Crippen LogP contribution >= 0.6 is 0 Å². The lowest BCUT2D eigenvalue weighted by Crippen LogP contribution is -2.08. The first-order chi connectivity index (χ1) is 18.8. The molecule has 0 aliphatic carbocycles. The number of hydrogen-bond acceptors (Lipinski definition) is 8. The highest BCUT2D eigenvalue weighted by Crippen LogP contribution is 2.39. The van der Waals surface area contributed by atoms with Crippen molar-refractivity contribution in [3.05, 3.63) is 90.3 Å². The van der Waals surface area contributed by atoms with E-state index in [4.69, 9.17) is 10.5 Å². The van der Waals surface area contributed by atoms with E-state index in [1.807, 2.05) is 6.92 Å². The number of benzene rings is 2. The van der Waals surface area contributed by atoms with Gasteiger partial charge in [0.2, 0.25) is 5.91 Å². The fraction of sp³-hybridized carbons (Fsp3) is 0.0714. The molecule has 3 aromatic heterocycles. The highest BCUT2D eigenvalue weighted by Gasteiger charge is 2.23. The number of aromatic nitrogens is 5. The number of rotatable bonds is 6. The van der Waals surface area contributed by atoms with E-state index in [0.29, 0.717) is 44.9 Å². The van der Waals surface area contributed by atoms with Gasteiger partial charge in [0.05, 0.1) is 22.8 Å². The Hall–Kier alpha value is -5.63. The van der Waals surface area contributed by atoms with Crippen molar-refractivity contribution in [3.8, 4) is 34.8 Å². The molecular weight excluding hydrogens is 499 g/mol. The standard InChI is InChI=1S/C28H21FN8O2/c1-4-23(38)36-18-5-7-20(17(11-18)13-30)25-16(3)24-26(27(31)34-14-33-24)37(25)19-6-8-22(21(29)12-19)39-28-32-10-9-15(2)35-28/h4-12,14H,1H2,2-3H3,(H,36,38)(H2,31,33,34). The third-order valence-electron chi connectivity index (χ3n) is 6.00. The molecule has 0 spiro atoms. The molecule has 0 aliphatic heterocycles. The molecule has 192 valence electrons. The summed E-state index contributed by atoms with van der Waals surface area (Å²) >= 11 is 0. The van der Waals surface area contributed by atoms with Crippen LogP contribution in [0.15, 0.2) is 67.6 Å². The molecule has 39 heavy (non-hydrogen) atoms. The van der Waals surface area contributed by atoms with Gasteiger partial charge in [0.15, 0.2) is 17.4 Å². The van der Waals surface area contributed by atoms with Crippen molar-refractivity contribution in [2.45, 2.75) is 13.8 Å². The Balaban J connectivity index is 1.69. The number of carbonyl (C=O) groups excluding carboxylic acids is 1. The minimum absolute atomic E-state index is 0.0181. The van der Waals surface area contributed by atoms with Gasteiger partial charge in [0.25, 0.3) is 0 Å². The second kappa shape index (κ2) is 10.0. The summed E-state index contributed by atoms with van der Waals surface area (Å²) in [5.74, 6) is -0.963. The summed E-state index contributed by atoms with van der Waals surface area (Å²) in [4.78, 5) is 28.5. The van der Waals surface area contributed by atoms with Crippen molar-refractivity contribution < 1.29 is 13.9 Å². The van der Waals surface area contributed by atoms with E-state index in [0.717, 1.165) is 6.08 Å². The molecule has 0 atom stereocenters. The van der Waals surface area contributed by atoms with Crippen molar-refractivity contribution in [1.82, 2.24) is 24.5 Å². The summed E-state index contributed by atoms with van der Waals surface area (Å²) in [5, 5.41) is 12.6. The van der Waals surface area contributed by atoms with Crippen LogP contribution in [0.5, 0.6) is 11.8 Å². The number of amides is 1. The van der Waals surface area contributed by atoms with Crippen molar-refractivity contribution in [2.24, 2.45) is 0 Å². The van der Waals surface area contributed by atoms with E-state index >= 15 is 4.39 Å². The lowest BCUT2D eigenvalue weighted by molar-refractivity contribution is -0.111. The maximum atomic E-state index is 15.4. The zero-order chi connectivity index (χ0) is 27.7. The molecule has 5 aromatic rings. The normalized spacial score (nSPS) is 10.7. The molecule has 0 unspecified atom stereocenters. The molecule has 2 aromatic carbocycles. The van der Waals surface area contributed by atoms with Gasteiger partial charge < -0.3 is 20.4 Å². The number of hydrogen-bond donors (Lipinski definition) is 2. The number of nitrogens with two attached hydrogens (primary N) is 1. The van der Waals surface area contributed by atoms with Crippen LogP contribution in [0.4, 0.5) is 15.9 Å². The van der Waals surface area contributed by atoms with Crippen molar-refractivity contribution in [1.29, 1.82) is 5.26 Å². The Bertz CT molecular complexity index is 1820. The van der Waals surface area contributed by atoms with Crippen LogP contribution in [0.1, 0.15) is 16.8 Å². The number of nitrogen functional groups attached to an aromatic ring is 1. The van der Waals surface area contributed by atoms with E-state index < -0.39 is 11.7 Å². The maximum Gasteiger partial charge on any atom is 0.322 e. The van der Waals surface area contributed by atoms with Crippen molar-refractivity contribution in [2.75, 3.05) is 11.1 Å². The third-order valence-corrected chi connectivity index (χ3v) is 6.00. The van der Waals surface area contributed by atoms with Gasteiger partial charge in [0.1, 0.15) is 11.8 Å². The number of nitriles is 1. The highest BCUT2D eigenvalue weighted by atomic mass is 19.1. The van der Waals surface area contributed by atoms with E-state index in [1.165, 1.54) is 24.7 Å². The second-order valence-corrected chi connectivity index (χ2v) is 8.53. The van der Waals surface area contributed by atoms with Gasteiger partial charge in [-0.3, -0.25) is 4.79 Å². The molecule has 0 aliphatic rings. The largest absolute Gasteiger partial charge is 0.421 e. The molecule has 1 amide bonds. The van der Waals surface area contributed by atoms with Gasteiger partial charge in [-0.2, -0.15) is 5.26 Å². The molecule has 0 bridgehead atoms. The number of nitrogens with one attached hydrogen (secondary N) is 1. The maximum absolute atomic E-state index is 15.4. The van der Waals surface area contributed by atoms with Crippen molar-refractivity contribution in [3.63, 3.8) is 0 Å². The highest BCUT2D eigenvalue weighted by molar-refractivity contribution is 6.00. The van der Waals surface area contributed by atoms with Gasteiger partial charge in [-0.15, -0.1) is 0 Å². The first-order valence-electron chi connectivity index (χ1n) is 11.7. The summed E-state index contributed by atoms with van der Waals surface area (Å²) < 4.78 is 22.6. The lowest BCUT2D eigenvalue weighted by Gasteiger charge is -2.15. The summed E-state index contributed by atoms with van der Waals surface area (Å²) in [6, 6.07) is 13.2. The average Bonchev–Trinajstić information content (AvgIpc) is 3.23. The molecule has 0 saturated heterocycles. The van der Waals surface area contributed by atoms with Crippen LogP contribution in [0.3, 0.4) is 0 Å². The first-order valence-corrected chi connectivity index (χ1v) is 11.7. The SMILES string of the molecule is C=CC(=O)Nc1ccc(-c2c(C)c3ncnc(N)c3n2-c2ccc(Oc3nccc(C)n3)c(F)c2)c(C#N)c1. The minimum atomic E-state index is -0.665. The average molecular weight is 521 g/mol. The second-order valence-electron chi connectivity index (χ2n) is 8.53. The molecule has 0 radical (unpaired) electrons. The van der Waals surface area contributed by atoms with Crippen LogP contribution in [0.25, 0.3) is 28.0 Å². The Morgan fingerprint density at radius 3 is 2.72 bits per heavy atom. The number of halogens is 1. The molecular formula is C28H21FN8O2. The van der Waals surface area contributed by atoms with Gasteiger partial charge in [-0.05, 0) is 56.3 Å². The number of ether oxygens (including phenoxy) is 1. The smallest absolute Gasteiger partial charge is 0.322 e. The number of nitrogens with zero attached hydrogens (tertiary/aromatic N) is 6. The summed E-state index contributed by atoms with van der Waals surface area (Å²) in [5.41, 5.74) is 10.8. The van der Waals surface area contributed by atoms with Crippen molar-refractivity contribution >= 4 is 28.4 Å². The Morgan fingerprint density at radius 2 is 2.00 bits per heavy atom. The quantitative estimate of drug-likeness (QED) is 0.298. The van der Waals surface area contributed by atoms with Gasteiger partial charge in [-0.1, -0.05) is 6.58 Å². The van der Waals surface area contributed by atoms with Crippen LogP contribution in [-0.2, 0) is 4.79 Å². The van der Waals surface area contributed by atoms with E-state index in [9.17, 15) is 10.1 Å². The van der Waals surface area contributed by atoms with Gasteiger partial charge in [-0.25, -0.2) is 24.3 Å². The Kier molecular flexibility index (Phi) is 6.44. The monoisotopic (exact) mass is 520 g/mol. The van der Waals surface area contributed by atoms with Crippen LogP contribution in [0.2, 0.25) is 0 Å². The molecule has 0 saturated carbocycles. The zero-order valence-corrected chi connectivity index (χ0v) is 20.9. The third kappa shape index (κ3) is 4.62. The first kappa shape index (κ1) is 25.0. The predicted octanol–water partition coefficient (Wildman–Crippen LogP) is 5.00. The predicted molar refractivity (Wildman–Crippen MR) is 144 cm³/mol. The number of aryl methyl sites for hydroxylation is 2. The van der Waals surface area contributed by atoms with Crippen LogP contribution < -0.4 is 15.8 Å². The van der Waals surface area contributed by atoms with Gasteiger partial charge in [0, 0.05) is 40.5 Å². The van der Waals surface area contributed by atoms with Gasteiger partial charge >= 0.3 is 6.01 Å². The summed E-state index contributed by atoms with van der Waals surface area (Å²) in [6.45, 7) is 7.05. The lowest BCUT2D eigenvalue weighted by atomic mass is 10.0. The number of carbonyl (C=O) groups is 1. The molecule has 5 rings (SSSR count). The molecule has 0 fully saturated rings. The molecule has 10 nitrogen and oxygen atoms in total. The summed E-state index contributed by atoms with van der Waals surface area (Å²) in [6.07, 6.45) is 4.00. The Labute approximate surface area is 222 Å². The minimum Gasteiger partial charge on any atom is -0.421 e. The number of fused-ring (bicyclic) bond motifs is 1. The van der Waals surface area contributed by atoms with Crippen LogP contribution in [-0.4, -0.2) is 30.4 Å². The summed E-state index contributed by atoms with van der Waals surface area (Å²) in [7, 11) is 0. The van der Waals surface area contributed by atoms with Crippen LogP contribution in [0, 0.1) is 31.0 Å². The fourth-order valence-corrected chi connectivity index (χ4v) is 4.26. The zero-order valence-electron chi connectivity index (χ0n) is 20.9. The molecule has 3 heterocycles. The Morgan fingerprint density at radius 1 is 1.18 bits per heavy atom. The van der Waals surface area contributed by atoms with E-state index in [-0.39, 0.29) is 23.1 Å². The molecule has 11 heteroatoms.